The molecular weight excluding hydrogens is 398 g/mol. The zero-order valence-corrected chi connectivity index (χ0v) is 16.4. The molecule has 3 N–H and O–H groups in total. The van der Waals surface area contributed by atoms with Gasteiger partial charge in [0.15, 0.2) is 0 Å². The molecule has 0 radical (unpaired) electrons. The summed E-state index contributed by atoms with van der Waals surface area (Å²) in [6.45, 7) is 1.29. The third kappa shape index (κ3) is 6.70. The summed E-state index contributed by atoms with van der Waals surface area (Å²) < 4.78 is 31.7. The molecule has 0 aliphatic carbocycles. The first-order valence-corrected chi connectivity index (χ1v) is 10.2. The Balaban J connectivity index is 2.07. The Kier molecular flexibility index (Phi) is 7.87. The molecule has 0 bridgehead atoms. The molecule has 154 valence electrons. The van der Waals surface area contributed by atoms with Gasteiger partial charge in [-0.05, 0) is 19.1 Å². The number of ether oxygens (including phenoxy) is 1. The van der Waals surface area contributed by atoms with Crippen LogP contribution in [0.3, 0.4) is 0 Å². The molecule has 2 aromatic rings. The van der Waals surface area contributed by atoms with E-state index < -0.39 is 40.6 Å². The number of esters is 1. The van der Waals surface area contributed by atoms with Crippen LogP contribution in [-0.4, -0.2) is 39.4 Å². The van der Waals surface area contributed by atoms with E-state index >= 15 is 0 Å². The zero-order valence-electron chi connectivity index (χ0n) is 15.6. The average Bonchev–Trinajstić information content (AvgIpc) is 2.72. The van der Waals surface area contributed by atoms with Crippen LogP contribution in [0.2, 0.25) is 0 Å². The minimum atomic E-state index is -3.92. The fourth-order valence-electron chi connectivity index (χ4n) is 2.29. The van der Waals surface area contributed by atoms with Gasteiger partial charge in [0, 0.05) is 12.1 Å². The van der Waals surface area contributed by atoms with Crippen LogP contribution in [0.25, 0.3) is 0 Å². The highest BCUT2D eigenvalue weighted by molar-refractivity contribution is 7.89. The minimum Gasteiger partial charge on any atom is -0.446 e. The zero-order chi connectivity index (χ0) is 21.3. The fourth-order valence-corrected chi connectivity index (χ4v) is 3.28. The van der Waals surface area contributed by atoms with Crippen LogP contribution in [0, 0.1) is 0 Å². The summed E-state index contributed by atoms with van der Waals surface area (Å²) in [5.41, 5.74) is 0.327. The van der Waals surface area contributed by atoms with Gasteiger partial charge in [-0.15, -0.1) is 0 Å². The van der Waals surface area contributed by atoms with E-state index in [2.05, 4.69) is 15.4 Å². The first kappa shape index (κ1) is 22.1. The average molecular weight is 419 g/mol. The summed E-state index contributed by atoms with van der Waals surface area (Å²) in [5.74, 6) is -1.84. The molecule has 0 unspecified atom stereocenters. The van der Waals surface area contributed by atoms with Crippen molar-refractivity contribution < 1.29 is 27.5 Å². The van der Waals surface area contributed by atoms with Gasteiger partial charge in [-0.1, -0.05) is 48.5 Å². The number of imide groups is 1. The highest BCUT2D eigenvalue weighted by Gasteiger charge is 2.27. The molecule has 0 heterocycles. The topological polar surface area (TPSA) is 131 Å². The van der Waals surface area contributed by atoms with Crippen molar-refractivity contribution in [2.24, 2.45) is 0 Å². The molecular formula is C19H21N3O6S. The molecule has 0 aliphatic rings. The molecule has 0 aromatic heterocycles. The van der Waals surface area contributed by atoms with Crippen LogP contribution in [0.4, 0.5) is 4.79 Å². The van der Waals surface area contributed by atoms with Gasteiger partial charge < -0.3 is 10.1 Å². The smallest absolute Gasteiger partial charge is 0.322 e. The fraction of sp³-hybridized carbons (Fsp3) is 0.211. The molecule has 3 amide bonds. The number of sulfonamides is 1. The van der Waals surface area contributed by atoms with Crippen LogP contribution in [0.15, 0.2) is 65.6 Å². The predicted molar refractivity (Wildman–Crippen MR) is 104 cm³/mol. The summed E-state index contributed by atoms with van der Waals surface area (Å²) in [4.78, 5) is 36.2. The maximum Gasteiger partial charge on any atom is 0.322 e. The molecule has 1 atom stereocenters. The Hall–Kier alpha value is -3.24. The Morgan fingerprint density at radius 3 is 2.14 bits per heavy atom. The molecule has 0 saturated carbocycles. The lowest BCUT2D eigenvalue weighted by Gasteiger charge is -2.18. The number of amides is 3. The highest BCUT2D eigenvalue weighted by atomic mass is 32.2. The Morgan fingerprint density at radius 1 is 0.966 bits per heavy atom. The second kappa shape index (κ2) is 10.3. The van der Waals surface area contributed by atoms with Crippen molar-refractivity contribution in [3.63, 3.8) is 0 Å². The van der Waals surface area contributed by atoms with E-state index in [0.717, 1.165) is 0 Å². The predicted octanol–water partition coefficient (Wildman–Crippen LogP) is 1.10. The standard InChI is InChI=1S/C19H21N3O6S/c1-2-20-19(25)22-18(24)17(14-9-5-3-6-10-14)28-16(23)13-21-29(26,27)15-11-7-4-8-12-15/h3-12,17,21H,2,13H2,1H3,(H2,20,22,24,25)/t17-/m0/s1. The SMILES string of the molecule is CCNC(=O)NC(=O)[C@@H](OC(=O)CNS(=O)(=O)c1ccccc1)c1ccccc1. The lowest BCUT2D eigenvalue weighted by molar-refractivity contribution is -0.155. The summed E-state index contributed by atoms with van der Waals surface area (Å²) in [5, 5.41) is 4.47. The van der Waals surface area contributed by atoms with E-state index in [0.29, 0.717) is 12.1 Å². The van der Waals surface area contributed by atoms with Crippen molar-refractivity contribution in [3.05, 3.63) is 66.2 Å². The van der Waals surface area contributed by atoms with Crippen LogP contribution in [0.5, 0.6) is 0 Å². The second-order valence-corrected chi connectivity index (χ2v) is 7.53. The third-order valence-electron chi connectivity index (χ3n) is 3.62. The van der Waals surface area contributed by atoms with E-state index in [4.69, 9.17) is 4.74 Å². The molecule has 9 nitrogen and oxygen atoms in total. The quantitative estimate of drug-likeness (QED) is 0.549. The van der Waals surface area contributed by atoms with Crippen LogP contribution < -0.4 is 15.4 Å². The third-order valence-corrected chi connectivity index (χ3v) is 5.04. The van der Waals surface area contributed by atoms with Crippen LogP contribution in [-0.2, 0) is 24.3 Å². The van der Waals surface area contributed by atoms with Gasteiger partial charge >= 0.3 is 12.0 Å². The number of benzene rings is 2. The minimum absolute atomic E-state index is 0.0126. The maximum absolute atomic E-state index is 12.4. The first-order chi connectivity index (χ1) is 13.8. The van der Waals surface area contributed by atoms with E-state index in [9.17, 15) is 22.8 Å². The molecule has 0 fully saturated rings. The molecule has 0 spiro atoms. The van der Waals surface area contributed by atoms with Crippen molar-refractivity contribution in [1.82, 2.24) is 15.4 Å². The molecule has 0 aliphatic heterocycles. The van der Waals surface area contributed by atoms with E-state index in [1.54, 1.807) is 55.5 Å². The molecule has 2 aromatic carbocycles. The lowest BCUT2D eigenvalue weighted by atomic mass is 10.1. The van der Waals surface area contributed by atoms with E-state index in [-0.39, 0.29) is 4.90 Å². The van der Waals surface area contributed by atoms with Crippen molar-refractivity contribution >= 4 is 27.9 Å². The van der Waals surface area contributed by atoms with Gasteiger partial charge in [0.2, 0.25) is 16.1 Å². The van der Waals surface area contributed by atoms with Gasteiger partial charge in [-0.3, -0.25) is 14.9 Å². The van der Waals surface area contributed by atoms with Crippen molar-refractivity contribution in [3.8, 4) is 0 Å². The Morgan fingerprint density at radius 2 is 1.55 bits per heavy atom. The highest BCUT2D eigenvalue weighted by Crippen LogP contribution is 2.18. The molecule has 10 heteroatoms. The normalized spacial score (nSPS) is 11.9. The summed E-state index contributed by atoms with van der Waals surface area (Å²) in [7, 11) is -3.92. The first-order valence-electron chi connectivity index (χ1n) is 8.71. The number of carbonyl (C=O) groups is 3. The number of carbonyl (C=O) groups excluding carboxylic acids is 3. The number of rotatable bonds is 8. The summed E-state index contributed by atoms with van der Waals surface area (Å²) >= 11 is 0. The Bertz CT molecular complexity index is 948. The van der Waals surface area contributed by atoms with Crippen molar-refractivity contribution in [1.29, 1.82) is 0 Å². The van der Waals surface area contributed by atoms with E-state index in [1.807, 2.05) is 0 Å². The molecule has 29 heavy (non-hydrogen) atoms. The van der Waals surface area contributed by atoms with Crippen LogP contribution >= 0.6 is 0 Å². The molecule has 2 rings (SSSR count). The van der Waals surface area contributed by atoms with Gasteiger partial charge in [-0.25, -0.2) is 13.2 Å². The Labute approximate surface area is 168 Å². The second-order valence-electron chi connectivity index (χ2n) is 5.77. The number of urea groups is 1. The summed E-state index contributed by atoms with van der Waals surface area (Å²) in [6.07, 6.45) is -1.42. The summed E-state index contributed by atoms with van der Waals surface area (Å²) in [6, 6.07) is 14.8. The van der Waals surface area contributed by atoms with Crippen molar-refractivity contribution in [2.45, 2.75) is 17.9 Å². The van der Waals surface area contributed by atoms with Gasteiger partial charge in [0.05, 0.1) is 4.90 Å². The van der Waals surface area contributed by atoms with Gasteiger partial charge in [-0.2, -0.15) is 4.72 Å². The number of hydrogen-bond donors (Lipinski definition) is 3. The lowest BCUT2D eigenvalue weighted by Crippen LogP contribution is -2.43. The molecule has 0 saturated heterocycles. The number of nitrogens with one attached hydrogen (secondary N) is 3. The van der Waals surface area contributed by atoms with Crippen LogP contribution in [0.1, 0.15) is 18.6 Å². The van der Waals surface area contributed by atoms with Crippen molar-refractivity contribution in [2.75, 3.05) is 13.1 Å². The van der Waals surface area contributed by atoms with Gasteiger partial charge in [0.25, 0.3) is 5.91 Å². The van der Waals surface area contributed by atoms with E-state index in [1.165, 1.54) is 12.1 Å². The monoisotopic (exact) mass is 419 g/mol. The van der Waals surface area contributed by atoms with Gasteiger partial charge in [0.1, 0.15) is 6.54 Å². The number of hydrogen-bond acceptors (Lipinski definition) is 6. The largest absolute Gasteiger partial charge is 0.446 e. The maximum atomic E-state index is 12.4.